The number of likely N-dealkylation sites (tertiary alicyclic amines) is 2. The van der Waals surface area contributed by atoms with Crippen molar-refractivity contribution in [3.63, 3.8) is 0 Å². The molecule has 0 saturated carbocycles. The van der Waals surface area contributed by atoms with Crippen molar-refractivity contribution in [3.05, 3.63) is 33.8 Å². The van der Waals surface area contributed by atoms with Gasteiger partial charge in [0.25, 0.3) is 5.91 Å². The molecule has 0 spiro atoms. The zero-order valence-corrected chi connectivity index (χ0v) is 17.7. The van der Waals surface area contributed by atoms with Crippen LogP contribution in [0, 0.1) is 11.8 Å². The lowest BCUT2D eigenvalue weighted by Crippen LogP contribution is -2.46. The summed E-state index contributed by atoms with van der Waals surface area (Å²) in [5.41, 5.74) is 0.516. The molecule has 2 heterocycles. The molecule has 2 saturated heterocycles. The average Bonchev–Trinajstić information content (AvgIpc) is 3.12. The number of amides is 2. The van der Waals surface area contributed by atoms with E-state index in [-0.39, 0.29) is 30.1 Å². The third-order valence-electron chi connectivity index (χ3n) is 5.31. The van der Waals surface area contributed by atoms with Gasteiger partial charge in [-0.3, -0.25) is 9.59 Å². The van der Waals surface area contributed by atoms with Crippen LogP contribution in [0.5, 0.6) is 0 Å². The molecule has 2 aliphatic heterocycles. The molecule has 0 bridgehead atoms. The highest BCUT2D eigenvalue weighted by atomic mass is 35.5. The molecule has 2 unspecified atom stereocenters. The number of carbonyl (C=O) groups is 2. The molecule has 1 aromatic carbocycles. The van der Waals surface area contributed by atoms with Crippen LogP contribution in [-0.2, 0) is 4.79 Å². The minimum atomic E-state index is -0.108. The Morgan fingerprint density at radius 3 is 2.59 bits per heavy atom. The zero-order valence-electron chi connectivity index (χ0n) is 15.4. The number of benzene rings is 1. The number of nitrogens with zero attached hydrogens (tertiary/aromatic N) is 2. The van der Waals surface area contributed by atoms with E-state index in [0.29, 0.717) is 34.6 Å². The summed E-state index contributed by atoms with van der Waals surface area (Å²) >= 11 is 12.0. The molecule has 27 heavy (non-hydrogen) atoms. The van der Waals surface area contributed by atoms with E-state index >= 15 is 0 Å². The third kappa shape index (κ3) is 5.29. The number of halogens is 3. The smallest absolute Gasteiger partial charge is 0.253 e. The quantitative estimate of drug-likeness (QED) is 0.791. The first-order chi connectivity index (χ1) is 12.5. The lowest BCUT2D eigenvalue weighted by Gasteiger charge is -2.34. The van der Waals surface area contributed by atoms with Gasteiger partial charge in [-0.2, -0.15) is 0 Å². The van der Waals surface area contributed by atoms with Gasteiger partial charge in [0, 0.05) is 31.7 Å². The summed E-state index contributed by atoms with van der Waals surface area (Å²) in [5.74, 6) is 0.524. The highest BCUT2D eigenvalue weighted by molar-refractivity contribution is 6.42. The first-order valence-electron chi connectivity index (χ1n) is 9.17. The predicted molar refractivity (Wildman–Crippen MR) is 111 cm³/mol. The van der Waals surface area contributed by atoms with E-state index in [1.807, 2.05) is 11.9 Å². The number of piperidine rings is 1. The number of hydrogen-bond donors (Lipinski definition) is 1. The molecule has 1 N–H and O–H groups in total. The van der Waals surface area contributed by atoms with Crippen molar-refractivity contribution in [2.75, 3.05) is 39.8 Å². The minimum absolute atomic E-state index is 0. The van der Waals surface area contributed by atoms with Gasteiger partial charge in [0.2, 0.25) is 5.91 Å². The molecule has 2 fully saturated rings. The highest BCUT2D eigenvalue weighted by Gasteiger charge is 2.34. The van der Waals surface area contributed by atoms with Crippen molar-refractivity contribution >= 4 is 47.4 Å². The van der Waals surface area contributed by atoms with E-state index in [1.54, 1.807) is 23.1 Å². The molecule has 2 amide bonds. The zero-order chi connectivity index (χ0) is 18.7. The van der Waals surface area contributed by atoms with Crippen molar-refractivity contribution in [3.8, 4) is 0 Å². The van der Waals surface area contributed by atoms with Crippen molar-refractivity contribution in [2.45, 2.75) is 19.3 Å². The second-order valence-corrected chi connectivity index (χ2v) is 8.03. The van der Waals surface area contributed by atoms with Gasteiger partial charge < -0.3 is 15.1 Å². The normalized spacial score (nSPS) is 22.5. The topological polar surface area (TPSA) is 52.7 Å². The van der Waals surface area contributed by atoms with Gasteiger partial charge >= 0.3 is 0 Å². The van der Waals surface area contributed by atoms with Crippen LogP contribution >= 0.6 is 35.6 Å². The molecule has 0 aliphatic carbocycles. The summed E-state index contributed by atoms with van der Waals surface area (Å²) in [4.78, 5) is 29.4. The average molecular weight is 435 g/mol. The van der Waals surface area contributed by atoms with E-state index in [2.05, 4.69) is 5.32 Å². The van der Waals surface area contributed by atoms with Crippen LogP contribution in [0.3, 0.4) is 0 Å². The predicted octanol–water partition coefficient (Wildman–Crippen LogP) is 3.34. The largest absolute Gasteiger partial charge is 0.342 e. The molecular weight excluding hydrogens is 409 g/mol. The van der Waals surface area contributed by atoms with Gasteiger partial charge in [0.05, 0.1) is 16.0 Å². The molecule has 5 nitrogen and oxygen atoms in total. The standard InChI is InChI=1S/C19H25Cl2N3O2.ClH/c1-22-10-13-6-8-24(11-13)19(26)15-3-2-7-23(12-15)18(25)14-4-5-16(20)17(21)9-14;/h4-5,9,13,15,22H,2-3,6-8,10-12H2,1H3;1H. The number of nitrogens with one attached hydrogen (secondary N) is 1. The molecular formula is C19H26Cl3N3O2. The monoisotopic (exact) mass is 433 g/mol. The van der Waals surface area contributed by atoms with Crippen LogP contribution in [0.2, 0.25) is 10.0 Å². The van der Waals surface area contributed by atoms with E-state index in [1.165, 1.54) is 0 Å². The summed E-state index contributed by atoms with van der Waals surface area (Å²) in [7, 11) is 1.94. The number of hydrogen-bond acceptors (Lipinski definition) is 3. The Hall–Kier alpha value is -1.01. The molecule has 0 aromatic heterocycles. The van der Waals surface area contributed by atoms with E-state index < -0.39 is 0 Å². The van der Waals surface area contributed by atoms with Crippen LogP contribution in [-0.4, -0.2) is 61.4 Å². The lowest BCUT2D eigenvalue weighted by molar-refractivity contribution is -0.136. The van der Waals surface area contributed by atoms with E-state index in [9.17, 15) is 9.59 Å². The second-order valence-electron chi connectivity index (χ2n) is 7.22. The molecule has 2 atom stereocenters. The molecule has 8 heteroatoms. The maximum atomic E-state index is 12.9. The lowest BCUT2D eigenvalue weighted by atomic mass is 9.96. The van der Waals surface area contributed by atoms with Gasteiger partial charge in [-0.25, -0.2) is 0 Å². The third-order valence-corrected chi connectivity index (χ3v) is 6.05. The van der Waals surface area contributed by atoms with Crippen molar-refractivity contribution in [1.29, 1.82) is 0 Å². The Bertz CT molecular complexity index is 686. The minimum Gasteiger partial charge on any atom is -0.342 e. The van der Waals surface area contributed by atoms with Crippen molar-refractivity contribution in [1.82, 2.24) is 15.1 Å². The number of carbonyl (C=O) groups excluding carboxylic acids is 2. The van der Waals surface area contributed by atoms with Crippen LogP contribution in [0.4, 0.5) is 0 Å². The summed E-state index contributed by atoms with van der Waals surface area (Å²) in [6.45, 7) is 3.73. The van der Waals surface area contributed by atoms with Crippen LogP contribution in [0.15, 0.2) is 18.2 Å². The summed E-state index contributed by atoms with van der Waals surface area (Å²) in [6.07, 6.45) is 2.74. The number of rotatable bonds is 4. The molecule has 1 aromatic rings. The highest BCUT2D eigenvalue weighted by Crippen LogP contribution is 2.26. The molecule has 150 valence electrons. The van der Waals surface area contributed by atoms with Gasteiger partial charge in [0.1, 0.15) is 0 Å². The maximum Gasteiger partial charge on any atom is 0.253 e. The van der Waals surface area contributed by atoms with Gasteiger partial charge in [-0.05, 0) is 57.0 Å². The second kappa shape index (κ2) is 9.97. The summed E-state index contributed by atoms with van der Waals surface area (Å²) in [5, 5.41) is 3.99. The van der Waals surface area contributed by atoms with Crippen LogP contribution in [0.25, 0.3) is 0 Å². The van der Waals surface area contributed by atoms with Gasteiger partial charge in [-0.1, -0.05) is 23.2 Å². The Labute approximate surface area is 176 Å². The Kier molecular flexibility index (Phi) is 8.22. The van der Waals surface area contributed by atoms with Crippen molar-refractivity contribution < 1.29 is 9.59 Å². The van der Waals surface area contributed by atoms with Crippen LogP contribution in [0.1, 0.15) is 29.6 Å². The van der Waals surface area contributed by atoms with Crippen molar-refractivity contribution in [2.24, 2.45) is 11.8 Å². The maximum absolute atomic E-state index is 12.9. The van der Waals surface area contributed by atoms with Gasteiger partial charge in [-0.15, -0.1) is 12.4 Å². The Morgan fingerprint density at radius 1 is 1.11 bits per heavy atom. The molecule has 0 radical (unpaired) electrons. The Balaban J connectivity index is 0.00000261. The first-order valence-corrected chi connectivity index (χ1v) is 9.93. The fraction of sp³-hybridized carbons (Fsp3) is 0.579. The van der Waals surface area contributed by atoms with Crippen LogP contribution < -0.4 is 5.32 Å². The van der Waals surface area contributed by atoms with E-state index in [0.717, 1.165) is 38.9 Å². The summed E-state index contributed by atoms with van der Waals surface area (Å²) in [6, 6.07) is 4.92. The molecule has 3 rings (SSSR count). The first kappa shape index (κ1) is 22.3. The Morgan fingerprint density at radius 2 is 1.89 bits per heavy atom. The SMILES string of the molecule is CNCC1CCN(C(=O)C2CCCN(C(=O)c3ccc(Cl)c(Cl)c3)C2)C1.Cl. The summed E-state index contributed by atoms with van der Waals surface area (Å²) < 4.78 is 0. The van der Waals surface area contributed by atoms with E-state index in [4.69, 9.17) is 23.2 Å². The fourth-order valence-electron chi connectivity index (χ4n) is 3.92. The molecule has 2 aliphatic rings. The fourth-order valence-corrected chi connectivity index (χ4v) is 4.22. The van der Waals surface area contributed by atoms with Gasteiger partial charge in [0.15, 0.2) is 0 Å².